The molecule has 0 heteroatoms. The molecule has 0 radical (unpaired) electrons. The molecule has 0 amide bonds. The second-order valence-electron chi connectivity index (χ2n) is 14.3. The molecule has 0 aliphatic heterocycles. The minimum atomic E-state index is 1.17. The van der Waals surface area contributed by atoms with Gasteiger partial charge in [0, 0.05) is 0 Å². The summed E-state index contributed by atoms with van der Waals surface area (Å²) in [4.78, 5) is 0. The van der Waals surface area contributed by atoms with E-state index in [1.807, 2.05) is 0 Å². The first-order valence-electron chi connectivity index (χ1n) is 19.3. The second-order valence-corrected chi connectivity index (χ2v) is 14.3. The molecule has 268 valence electrons. The summed E-state index contributed by atoms with van der Waals surface area (Å²) in [6, 6.07) is 69.4. The van der Waals surface area contributed by atoms with E-state index in [1.165, 1.54) is 88.7 Å². The third-order valence-electron chi connectivity index (χ3n) is 10.3. The van der Waals surface area contributed by atoms with E-state index in [0.717, 1.165) is 0 Å². The first-order chi connectivity index (χ1) is 27.6. The molecule has 0 nitrogen and oxygen atoms in total. The van der Waals surface area contributed by atoms with Crippen LogP contribution in [0.5, 0.6) is 0 Å². The van der Waals surface area contributed by atoms with Crippen LogP contribution in [-0.4, -0.2) is 0 Å². The van der Waals surface area contributed by atoms with Crippen LogP contribution in [0.25, 0.3) is 58.4 Å². The SMILES string of the molecule is Cc1ccc(C=Cc2ccc3ccccc3c2C=Cc2ccc(C)cc2C=C(c2ccccc2)c2ccccc2)c(C=C(c2ccccc2)c2ccccc2)c1. The molecule has 0 aliphatic rings. The predicted octanol–water partition coefficient (Wildman–Crippen LogP) is 15.0. The average molecular weight is 717 g/mol. The first-order valence-corrected chi connectivity index (χ1v) is 19.3. The average Bonchev–Trinajstić information content (AvgIpc) is 3.25. The van der Waals surface area contributed by atoms with Crippen LogP contribution in [0.3, 0.4) is 0 Å². The first kappa shape index (κ1) is 36.0. The van der Waals surface area contributed by atoms with Crippen molar-refractivity contribution in [3.63, 3.8) is 0 Å². The molecule has 0 atom stereocenters. The number of rotatable bonds is 10. The van der Waals surface area contributed by atoms with Gasteiger partial charge in [-0.25, -0.2) is 0 Å². The molecule has 0 bridgehead atoms. The Morgan fingerprint density at radius 2 is 0.696 bits per heavy atom. The van der Waals surface area contributed by atoms with E-state index in [1.54, 1.807) is 0 Å². The molecule has 0 unspecified atom stereocenters. The minimum absolute atomic E-state index is 1.17. The lowest BCUT2D eigenvalue weighted by atomic mass is 9.92. The van der Waals surface area contributed by atoms with Gasteiger partial charge >= 0.3 is 0 Å². The van der Waals surface area contributed by atoms with E-state index in [-0.39, 0.29) is 0 Å². The van der Waals surface area contributed by atoms with Crippen molar-refractivity contribution in [2.45, 2.75) is 13.8 Å². The van der Waals surface area contributed by atoms with Crippen LogP contribution in [-0.2, 0) is 0 Å². The monoisotopic (exact) mass is 716 g/mol. The van der Waals surface area contributed by atoms with Crippen molar-refractivity contribution < 1.29 is 0 Å². The Bertz CT molecular complexity index is 2630. The number of hydrogen-bond donors (Lipinski definition) is 0. The van der Waals surface area contributed by atoms with Gasteiger partial charge in [-0.15, -0.1) is 0 Å². The molecule has 0 saturated carbocycles. The van der Waals surface area contributed by atoms with E-state index in [2.05, 4.69) is 244 Å². The Labute approximate surface area is 331 Å². The van der Waals surface area contributed by atoms with Gasteiger partial charge < -0.3 is 0 Å². The van der Waals surface area contributed by atoms with E-state index in [0.29, 0.717) is 0 Å². The fraction of sp³-hybridized carbons (Fsp3) is 0.0357. The molecular weight excluding hydrogens is 673 g/mol. The van der Waals surface area contributed by atoms with Gasteiger partial charge in [-0.05, 0) is 104 Å². The van der Waals surface area contributed by atoms with Gasteiger partial charge in [0.15, 0.2) is 0 Å². The maximum Gasteiger partial charge on any atom is -0.0105 e. The molecule has 8 rings (SSSR count). The van der Waals surface area contributed by atoms with Gasteiger partial charge in [0.2, 0.25) is 0 Å². The summed E-state index contributed by atoms with van der Waals surface area (Å²) in [5.74, 6) is 0. The zero-order valence-electron chi connectivity index (χ0n) is 31.9. The van der Waals surface area contributed by atoms with E-state index >= 15 is 0 Å². The zero-order chi connectivity index (χ0) is 38.1. The number of aryl methyl sites for hydroxylation is 2. The molecule has 0 heterocycles. The normalized spacial score (nSPS) is 11.2. The van der Waals surface area contributed by atoms with Crippen molar-refractivity contribution in [3.05, 3.63) is 261 Å². The fourth-order valence-electron chi connectivity index (χ4n) is 7.39. The Morgan fingerprint density at radius 3 is 1.16 bits per heavy atom. The highest BCUT2D eigenvalue weighted by molar-refractivity contribution is 5.99. The van der Waals surface area contributed by atoms with E-state index in [4.69, 9.17) is 0 Å². The van der Waals surface area contributed by atoms with Gasteiger partial charge in [0.1, 0.15) is 0 Å². The largest absolute Gasteiger partial charge is 0.0622 e. The highest BCUT2D eigenvalue weighted by Crippen LogP contribution is 2.32. The lowest BCUT2D eigenvalue weighted by Gasteiger charge is -2.12. The fourth-order valence-corrected chi connectivity index (χ4v) is 7.39. The van der Waals surface area contributed by atoms with Crippen molar-refractivity contribution in [1.82, 2.24) is 0 Å². The summed E-state index contributed by atoms with van der Waals surface area (Å²) in [5, 5.41) is 2.45. The van der Waals surface area contributed by atoms with Crippen molar-refractivity contribution >= 4 is 58.4 Å². The lowest BCUT2D eigenvalue weighted by molar-refractivity contribution is 1.44. The summed E-state index contributed by atoms with van der Waals surface area (Å²) in [5.41, 5.74) is 16.7. The molecule has 56 heavy (non-hydrogen) atoms. The number of benzene rings is 8. The van der Waals surface area contributed by atoms with Gasteiger partial charge in [-0.3, -0.25) is 0 Å². The van der Waals surface area contributed by atoms with Crippen LogP contribution in [0.1, 0.15) is 66.8 Å². The Morgan fingerprint density at radius 1 is 0.321 bits per heavy atom. The minimum Gasteiger partial charge on any atom is -0.0622 e. The van der Waals surface area contributed by atoms with Crippen LogP contribution in [0.2, 0.25) is 0 Å². The summed E-state index contributed by atoms with van der Waals surface area (Å²) in [6.07, 6.45) is 13.8. The van der Waals surface area contributed by atoms with Crippen LogP contribution in [0.4, 0.5) is 0 Å². The Hall–Kier alpha value is -7.02. The standard InChI is InChI=1S/C56H44/c1-41-27-29-43(51(37-41)39-55(45-17-7-3-8-18-45)46-19-9-4-10-20-46)31-32-50-34-33-49-25-15-16-26-53(49)54(50)36-35-44-30-28-42(2)38-52(44)40-56(47-21-11-5-12-22-47)48-23-13-6-14-24-48/h3-40H,1-2H3. The summed E-state index contributed by atoms with van der Waals surface area (Å²) < 4.78 is 0. The Kier molecular flexibility index (Phi) is 10.9. The van der Waals surface area contributed by atoms with Crippen LogP contribution < -0.4 is 0 Å². The predicted molar refractivity (Wildman–Crippen MR) is 244 cm³/mol. The maximum absolute atomic E-state index is 2.34. The molecular formula is C56H44. The molecule has 0 aromatic heterocycles. The molecule has 0 aliphatic carbocycles. The third kappa shape index (κ3) is 8.36. The lowest BCUT2D eigenvalue weighted by Crippen LogP contribution is -1.91. The molecule has 0 spiro atoms. The second kappa shape index (κ2) is 17.0. The molecule has 0 saturated heterocycles. The maximum atomic E-state index is 2.34. The van der Waals surface area contributed by atoms with E-state index < -0.39 is 0 Å². The third-order valence-corrected chi connectivity index (χ3v) is 10.3. The van der Waals surface area contributed by atoms with Crippen molar-refractivity contribution in [3.8, 4) is 0 Å². The van der Waals surface area contributed by atoms with Gasteiger partial charge in [0.25, 0.3) is 0 Å². The van der Waals surface area contributed by atoms with Crippen molar-refractivity contribution in [2.24, 2.45) is 0 Å². The highest BCUT2D eigenvalue weighted by Gasteiger charge is 2.10. The van der Waals surface area contributed by atoms with Crippen LogP contribution in [0.15, 0.2) is 194 Å². The van der Waals surface area contributed by atoms with Gasteiger partial charge in [0.05, 0.1) is 0 Å². The number of fused-ring (bicyclic) bond motifs is 1. The number of hydrogen-bond acceptors (Lipinski definition) is 0. The quantitative estimate of drug-likeness (QED) is 0.124. The smallest absolute Gasteiger partial charge is 0.0105 e. The summed E-state index contributed by atoms with van der Waals surface area (Å²) in [7, 11) is 0. The molecule has 8 aromatic carbocycles. The highest BCUT2D eigenvalue weighted by atomic mass is 14.1. The van der Waals surface area contributed by atoms with Crippen molar-refractivity contribution in [1.29, 1.82) is 0 Å². The molecule has 8 aromatic rings. The molecule has 0 fully saturated rings. The summed E-state index contributed by atoms with van der Waals surface area (Å²) >= 11 is 0. The van der Waals surface area contributed by atoms with Crippen LogP contribution in [0, 0.1) is 13.8 Å². The van der Waals surface area contributed by atoms with Crippen molar-refractivity contribution in [2.75, 3.05) is 0 Å². The zero-order valence-corrected chi connectivity index (χ0v) is 31.9. The Balaban J connectivity index is 1.22. The summed E-state index contributed by atoms with van der Waals surface area (Å²) in [6.45, 7) is 4.33. The van der Waals surface area contributed by atoms with Gasteiger partial charge in [-0.1, -0.05) is 230 Å². The topological polar surface area (TPSA) is 0 Å². The molecule has 0 N–H and O–H groups in total. The van der Waals surface area contributed by atoms with E-state index in [9.17, 15) is 0 Å². The van der Waals surface area contributed by atoms with Gasteiger partial charge in [-0.2, -0.15) is 0 Å². The van der Waals surface area contributed by atoms with Crippen LogP contribution >= 0.6 is 0 Å².